The Morgan fingerprint density at radius 3 is 2.58 bits per heavy atom. The Bertz CT molecular complexity index is 551. The van der Waals surface area contributed by atoms with Crippen molar-refractivity contribution in [2.45, 2.75) is 51.7 Å². The Balaban J connectivity index is 2.18. The number of nitrogens with one attached hydrogen (secondary N) is 1. The number of rotatable bonds is 2. The van der Waals surface area contributed by atoms with Crippen LogP contribution >= 0.6 is 0 Å². The van der Waals surface area contributed by atoms with Gasteiger partial charge in [0.2, 0.25) is 0 Å². The molecular weight excluding hydrogens is 244 g/mol. The Morgan fingerprint density at radius 2 is 2.05 bits per heavy atom. The van der Waals surface area contributed by atoms with Gasteiger partial charge in [0.25, 0.3) is 5.56 Å². The van der Waals surface area contributed by atoms with Crippen LogP contribution in [0.4, 0.5) is 10.5 Å². The lowest BCUT2D eigenvalue weighted by Gasteiger charge is -2.20. The van der Waals surface area contributed by atoms with E-state index in [4.69, 9.17) is 4.74 Å². The van der Waals surface area contributed by atoms with Crippen LogP contribution in [0.2, 0.25) is 0 Å². The standard InChI is InChI=1S/C14H20N2O3/c1-13(2,3)19-12(18)15-10-6-5-9-16(11(10)17)14(4)7-8-14/h5-6,9H,7-8H2,1-4H3,(H,15,18). The highest BCUT2D eigenvalue weighted by Crippen LogP contribution is 2.41. The van der Waals surface area contributed by atoms with Crippen molar-refractivity contribution in [1.82, 2.24) is 4.57 Å². The highest BCUT2D eigenvalue weighted by atomic mass is 16.6. The van der Waals surface area contributed by atoms with Gasteiger partial charge >= 0.3 is 6.09 Å². The normalized spacial score (nSPS) is 16.8. The third-order valence-corrected chi connectivity index (χ3v) is 3.14. The first-order chi connectivity index (χ1) is 8.71. The molecule has 1 fully saturated rings. The number of amides is 1. The molecule has 0 radical (unpaired) electrons. The first kappa shape index (κ1) is 13.6. The molecule has 0 atom stereocenters. The summed E-state index contributed by atoms with van der Waals surface area (Å²) in [6, 6.07) is 3.35. The first-order valence-corrected chi connectivity index (χ1v) is 6.43. The highest BCUT2D eigenvalue weighted by molar-refractivity contribution is 5.84. The molecule has 5 nitrogen and oxygen atoms in total. The summed E-state index contributed by atoms with van der Waals surface area (Å²) >= 11 is 0. The first-order valence-electron chi connectivity index (χ1n) is 6.43. The number of aromatic nitrogens is 1. The van der Waals surface area contributed by atoms with E-state index in [2.05, 4.69) is 5.32 Å². The summed E-state index contributed by atoms with van der Waals surface area (Å²) in [4.78, 5) is 23.9. The van der Waals surface area contributed by atoms with Crippen LogP contribution in [0.5, 0.6) is 0 Å². The van der Waals surface area contributed by atoms with Crippen LogP contribution in [-0.2, 0) is 10.3 Å². The van der Waals surface area contributed by atoms with E-state index in [-0.39, 0.29) is 16.8 Å². The van der Waals surface area contributed by atoms with Crippen molar-refractivity contribution in [2.75, 3.05) is 5.32 Å². The number of nitrogens with zero attached hydrogens (tertiary/aromatic N) is 1. The lowest BCUT2D eigenvalue weighted by atomic mass is 10.2. The number of anilines is 1. The number of hydrogen-bond acceptors (Lipinski definition) is 3. The fraction of sp³-hybridized carbons (Fsp3) is 0.571. The Hall–Kier alpha value is -1.78. The number of carbonyl (C=O) groups excluding carboxylic acids is 1. The zero-order chi connectivity index (χ0) is 14.3. The maximum atomic E-state index is 12.2. The molecule has 19 heavy (non-hydrogen) atoms. The van der Waals surface area contributed by atoms with Gasteiger partial charge in [0.15, 0.2) is 0 Å². The monoisotopic (exact) mass is 264 g/mol. The summed E-state index contributed by atoms with van der Waals surface area (Å²) < 4.78 is 6.82. The molecule has 1 aromatic heterocycles. The van der Waals surface area contributed by atoms with E-state index in [0.717, 1.165) is 12.8 Å². The van der Waals surface area contributed by atoms with Crippen LogP contribution < -0.4 is 10.9 Å². The van der Waals surface area contributed by atoms with E-state index in [0.29, 0.717) is 0 Å². The van der Waals surface area contributed by atoms with E-state index < -0.39 is 11.7 Å². The van der Waals surface area contributed by atoms with Crippen molar-refractivity contribution in [3.05, 3.63) is 28.7 Å². The van der Waals surface area contributed by atoms with Crippen LogP contribution in [0, 0.1) is 0 Å². The lowest BCUT2D eigenvalue weighted by molar-refractivity contribution is 0.0635. The van der Waals surface area contributed by atoms with E-state index in [1.54, 1.807) is 43.7 Å². The maximum Gasteiger partial charge on any atom is 0.412 e. The number of ether oxygens (including phenoxy) is 1. The van der Waals surface area contributed by atoms with E-state index >= 15 is 0 Å². The van der Waals surface area contributed by atoms with Gasteiger partial charge < -0.3 is 9.30 Å². The Labute approximate surface area is 112 Å². The summed E-state index contributed by atoms with van der Waals surface area (Å²) in [5.74, 6) is 0. The largest absolute Gasteiger partial charge is 0.444 e. The molecular formula is C14H20N2O3. The van der Waals surface area contributed by atoms with E-state index in [9.17, 15) is 9.59 Å². The fourth-order valence-electron chi connectivity index (χ4n) is 1.85. The van der Waals surface area contributed by atoms with Gasteiger partial charge in [-0.25, -0.2) is 4.79 Å². The van der Waals surface area contributed by atoms with Crippen molar-refractivity contribution >= 4 is 11.8 Å². The topological polar surface area (TPSA) is 60.3 Å². The van der Waals surface area contributed by atoms with Gasteiger partial charge in [0.1, 0.15) is 11.3 Å². The molecule has 0 spiro atoms. The molecule has 5 heteroatoms. The van der Waals surface area contributed by atoms with Crippen molar-refractivity contribution in [3.8, 4) is 0 Å². The van der Waals surface area contributed by atoms with E-state index in [1.807, 2.05) is 6.92 Å². The van der Waals surface area contributed by atoms with Crippen LogP contribution in [0.25, 0.3) is 0 Å². The molecule has 1 aliphatic carbocycles. The van der Waals surface area contributed by atoms with Gasteiger partial charge in [-0.05, 0) is 52.7 Å². The predicted molar refractivity (Wildman–Crippen MR) is 73.4 cm³/mol. The second kappa shape index (κ2) is 4.40. The molecule has 1 aromatic rings. The summed E-state index contributed by atoms with van der Waals surface area (Å²) in [5, 5.41) is 2.51. The SMILES string of the molecule is CC(C)(C)OC(=O)Nc1cccn(C2(C)CC2)c1=O. The van der Waals surface area contributed by atoms with Gasteiger partial charge in [0.05, 0.1) is 0 Å². The minimum atomic E-state index is -0.608. The molecule has 1 aliphatic rings. The van der Waals surface area contributed by atoms with Gasteiger partial charge in [-0.15, -0.1) is 0 Å². The maximum absolute atomic E-state index is 12.2. The summed E-state index contributed by atoms with van der Waals surface area (Å²) in [5.41, 5.74) is -0.610. The highest BCUT2D eigenvalue weighted by Gasteiger charge is 2.40. The molecule has 1 heterocycles. The average Bonchev–Trinajstić information content (AvgIpc) is 2.98. The predicted octanol–water partition coefficient (Wildman–Crippen LogP) is 2.70. The van der Waals surface area contributed by atoms with Crippen LogP contribution in [-0.4, -0.2) is 16.3 Å². The van der Waals surface area contributed by atoms with Crippen LogP contribution in [0.15, 0.2) is 23.1 Å². The summed E-state index contributed by atoms with van der Waals surface area (Å²) in [6.07, 6.45) is 3.13. The van der Waals surface area contributed by atoms with Crippen molar-refractivity contribution in [3.63, 3.8) is 0 Å². The smallest absolute Gasteiger partial charge is 0.412 e. The molecule has 0 saturated heterocycles. The molecule has 0 bridgehead atoms. The summed E-state index contributed by atoms with van der Waals surface area (Å²) in [6.45, 7) is 7.37. The van der Waals surface area contributed by atoms with Gasteiger partial charge in [-0.3, -0.25) is 10.1 Å². The van der Waals surface area contributed by atoms with Crippen LogP contribution in [0.3, 0.4) is 0 Å². The second-order valence-electron chi connectivity index (χ2n) is 6.22. The molecule has 1 saturated carbocycles. The van der Waals surface area contributed by atoms with Crippen molar-refractivity contribution < 1.29 is 9.53 Å². The van der Waals surface area contributed by atoms with Crippen molar-refractivity contribution in [1.29, 1.82) is 0 Å². The van der Waals surface area contributed by atoms with Crippen LogP contribution in [0.1, 0.15) is 40.5 Å². The average molecular weight is 264 g/mol. The number of hydrogen-bond donors (Lipinski definition) is 1. The minimum Gasteiger partial charge on any atom is -0.444 e. The van der Waals surface area contributed by atoms with E-state index in [1.165, 1.54) is 0 Å². The second-order valence-corrected chi connectivity index (χ2v) is 6.22. The molecule has 0 unspecified atom stereocenters. The fourth-order valence-corrected chi connectivity index (χ4v) is 1.85. The molecule has 1 N–H and O–H groups in total. The van der Waals surface area contributed by atoms with Crippen molar-refractivity contribution in [2.24, 2.45) is 0 Å². The molecule has 2 rings (SSSR count). The van der Waals surface area contributed by atoms with Gasteiger partial charge in [-0.2, -0.15) is 0 Å². The summed E-state index contributed by atoms with van der Waals surface area (Å²) in [7, 11) is 0. The zero-order valence-electron chi connectivity index (χ0n) is 11.8. The van der Waals surface area contributed by atoms with Gasteiger partial charge in [0, 0.05) is 11.7 Å². The Morgan fingerprint density at radius 1 is 1.42 bits per heavy atom. The third-order valence-electron chi connectivity index (χ3n) is 3.14. The third kappa shape index (κ3) is 3.16. The molecule has 1 amide bonds. The number of pyridine rings is 1. The molecule has 0 aromatic carbocycles. The number of carbonyl (C=O) groups is 1. The zero-order valence-corrected chi connectivity index (χ0v) is 11.8. The lowest BCUT2D eigenvalue weighted by Crippen LogP contribution is -2.33. The minimum absolute atomic E-state index is 0.0945. The molecule has 104 valence electrons. The Kier molecular flexibility index (Phi) is 3.16. The molecule has 0 aliphatic heterocycles. The quantitative estimate of drug-likeness (QED) is 0.893. The van der Waals surface area contributed by atoms with Gasteiger partial charge in [-0.1, -0.05) is 0 Å².